The van der Waals surface area contributed by atoms with E-state index < -0.39 is 5.65 Å². The molecule has 100 valence electrons. The molecular formula is C13H20NO3P. The molecule has 0 unspecified atom stereocenters. The fourth-order valence-electron chi connectivity index (χ4n) is 1.72. The van der Waals surface area contributed by atoms with E-state index in [1.807, 2.05) is 56.1 Å². The summed E-state index contributed by atoms with van der Waals surface area (Å²) in [7, 11) is 1.65. The predicted octanol–water partition coefficient (Wildman–Crippen LogP) is 3.09. The SMILES string of the molecule is CCOC(OCC)(P=O)N(C)Cc1ccccc1. The van der Waals surface area contributed by atoms with Crippen LogP contribution in [0.25, 0.3) is 0 Å². The molecule has 0 aliphatic carbocycles. The zero-order valence-corrected chi connectivity index (χ0v) is 12.0. The van der Waals surface area contributed by atoms with Crippen molar-refractivity contribution in [2.75, 3.05) is 20.3 Å². The van der Waals surface area contributed by atoms with Gasteiger partial charge in [0.25, 0.3) is 0 Å². The number of benzene rings is 1. The first-order valence-corrected chi connectivity index (χ1v) is 6.87. The van der Waals surface area contributed by atoms with Gasteiger partial charge in [0.2, 0.25) is 8.46 Å². The summed E-state index contributed by atoms with van der Waals surface area (Å²) in [6, 6.07) is 9.94. The first kappa shape index (κ1) is 15.3. The van der Waals surface area contributed by atoms with Gasteiger partial charge in [0.1, 0.15) is 0 Å². The lowest BCUT2D eigenvalue weighted by atomic mass is 10.2. The van der Waals surface area contributed by atoms with Crippen LogP contribution in [0.1, 0.15) is 19.4 Å². The Kier molecular flexibility index (Phi) is 6.44. The van der Waals surface area contributed by atoms with E-state index in [1.54, 1.807) is 0 Å². The van der Waals surface area contributed by atoms with E-state index >= 15 is 0 Å². The summed E-state index contributed by atoms with van der Waals surface area (Å²) in [6.45, 7) is 5.20. The van der Waals surface area contributed by atoms with Crippen LogP contribution >= 0.6 is 8.46 Å². The number of hydrogen-bond donors (Lipinski definition) is 0. The summed E-state index contributed by atoms with van der Waals surface area (Å²) < 4.78 is 22.5. The van der Waals surface area contributed by atoms with Crippen molar-refractivity contribution in [1.29, 1.82) is 0 Å². The van der Waals surface area contributed by atoms with Crippen LogP contribution in [-0.4, -0.2) is 30.8 Å². The highest BCUT2D eigenvalue weighted by Crippen LogP contribution is 2.31. The van der Waals surface area contributed by atoms with Crippen LogP contribution in [0.5, 0.6) is 0 Å². The molecule has 0 aliphatic rings. The van der Waals surface area contributed by atoms with Gasteiger partial charge in [-0.15, -0.1) is 0 Å². The van der Waals surface area contributed by atoms with Crippen LogP contribution in [0.3, 0.4) is 0 Å². The van der Waals surface area contributed by atoms with E-state index in [2.05, 4.69) is 0 Å². The molecule has 0 heterocycles. The van der Waals surface area contributed by atoms with E-state index in [9.17, 15) is 4.57 Å². The lowest BCUT2D eigenvalue weighted by Gasteiger charge is -2.34. The van der Waals surface area contributed by atoms with E-state index in [-0.39, 0.29) is 8.46 Å². The third-order valence-electron chi connectivity index (χ3n) is 2.53. The minimum absolute atomic E-state index is 0.189. The summed E-state index contributed by atoms with van der Waals surface area (Å²) >= 11 is 0. The number of hydrogen-bond acceptors (Lipinski definition) is 4. The second-order valence-electron chi connectivity index (χ2n) is 3.85. The van der Waals surface area contributed by atoms with Crippen molar-refractivity contribution in [1.82, 2.24) is 4.90 Å². The smallest absolute Gasteiger partial charge is 0.315 e. The lowest BCUT2D eigenvalue weighted by Crippen LogP contribution is -2.46. The molecule has 0 bridgehead atoms. The average molecular weight is 269 g/mol. The molecule has 0 spiro atoms. The highest BCUT2D eigenvalue weighted by atomic mass is 31.1. The molecule has 1 rings (SSSR count). The zero-order chi connectivity index (χ0) is 13.4. The van der Waals surface area contributed by atoms with Crippen molar-refractivity contribution in [3.8, 4) is 0 Å². The van der Waals surface area contributed by atoms with Crippen LogP contribution in [0.4, 0.5) is 0 Å². The molecule has 0 amide bonds. The monoisotopic (exact) mass is 269 g/mol. The second-order valence-corrected chi connectivity index (χ2v) is 4.60. The van der Waals surface area contributed by atoms with Gasteiger partial charge in [-0.3, -0.25) is 4.57 Å². The first-order valence-electron chi connectivity index (χ1n) is 6.06. The highest BCUT2D eigenvalue weighted by molar-refractivity contribution is 7.25. The number of nitrogens with zero attached hydrogens (tertiary/aromatic N) is 1. The molecule has 1 aromatic rings. The first-order chi connectivity index (χ1) is 8.68. The molecule has 5 heteroatoms. The van der Waals surface area contributed by atoms with Crippen molar-refractivity contribution >= 4 is 8.46 Å². The molecule has 1 aromatic carbocycles. The molecule has 18 heavy (non-hydrogen) atoms. The predicted molar refractivity (Wildman–Crippen MR) is 71.5 cm³/mol. The average Bonchev–Trinajstić information content (AvgIpc) is 2.39. The topological polar surface area (TPSA) is 38.8 Å². The Hall–Kier alpha value is -0.800. The standard InChI is InChI=1S/C13H20NO3P/c1-4-16-13(18-15,17-5-2)14(3)11-12-9-7-6-8-10-12/h6-10H,4-5,11H2,1-3H3. The second kappa shape index (κ2) is 7.59. The van der Waals surface area contributed by atoms with Crippen LogP contribution < -0.4 is 0 Å². The van der Waals surface area contributed by atoms with Gasteiger partial charge in [-0.1, -0.05) is 30.3 Å². The molecule has 0 saturated heterocycles. The Labute approximate surface area is 110 Å². The van der Waals surface area contributed by atoms with Crippen molar-refractivity contribution in [2.24, 2.45) is 0 Å². The van der Waals surface area contributed by atoms with Gasteiger partial charge >= 0.3 is 5.65 Å². The molecular weight excluding hydrogens is 249 g/mol. The van der Waals surface area contributed by atoms with Gasteiger partial charge < -0.3 is 9.47 Å². The summed E-state index contributed by atoms with van der Waals surface area (Å²) in [5, 5.41) is 0. The van der Waals surface area contributed by atoms with E-state index in [0.717, 1.165) is 5.56 Å². The molecule has 4 nitrogen and oxygen atoms in total. The fraction of sp³-hybridized carbons (Fsp3) is 0.538. The minimum Gasteiger partial charge on any atom is -0.328 e. The maximum atomic E-state index is 11.4. The molecule has 0 saturated carbocycles. The number of ether oxygens (including phenoxy) is 2. The van der Waals surface area contributed by atoms with Crippen molar-refractivity contribution < 1.29 is 14.0 Å². The summed E-state index contributed by atoms with van der Waals surface area (Å²) in [4.78, 5) is 1.81. The Morgan fingerprint density at radius 2 is 1.72 bits per heavy atom. The van der Waals surface area contributed by atoms with E-state index in [0.29, 0.717) is 19.8 Å². The quantitative estimate of drug-likeness (QED) is 0.537. The largest absolute Gasteiger partial charge is 0.328 e. The Bertz CT molecular complexity index is 353. The third-order valence-corrected chi connectivity index (χ3v) is 3.36. The molecule has 0 atom stereocenters. The molecule has 0 aliphatic heterocycles. The van der Waals surface area contributed by atoms with Gasteiger partial charge in [0, 0.05) is 19.8 Å². The van der Waals surface area contributed by atoms with E-state index in [1.165, 1.54) is 0 Å². The maximum Gasteiger partial charge on any atom is 0.315 e. The molecule has 0 aromatic heterocycles. The van der Waals surface area contributed by atoms with Gasteiger partial charge in [0.15, 0.2) is 0 Å². The lowest BCUT2D eigenvalue weighted by molar-refractivity contribution is -0.250. The summed E-state index contributed by atoms with van der Waals surface area (Å²) in [5.41, 5.74) is -0.0771. The molecule has 0 radical (unpaired) electrons. The molecule has 0 fully saturated rings. The van der Waals surface area contributed by atoms with Crippen LogP contribution in [0.15, 0.2) is 30.3 Å². The fourth-order valence-corrected chi connectivity index (χ4v) is 2.29. The number of rotatable bonds is 8. The van der Waals surface area contributed by atoms with Gasteiger partial charge in [-0.05, 0) is 26.5 Å². The normalized spacial score (nSPS) is 12.2. The van der Waals surface area contributed by atoms with Crippen molar-refractivity contribution in [2.45, 2.75) is 26.0 Å². The highest BCUT2D eigenvalue weighted by Gasteiger charge is 2.37. The van der Waals surface area contributed by atoms with Crippen molar-refractivity contribution in [3.63, 3.8) is 0 Å². The van der Waals surface area contributed by atoms with Crippen LogP contribution in [-0.2, 0) is 20.6 Å². The summed E-state index contributed by atoms with van der Waals surface area (Å²) in [5.74, 6) is 0. The van der Waals surface area contributed by atoms with E-state index in [4.69, 9.17) is 9.47 Å². The van der Waals surface area contributed by atoms with Gasteiger partial charge in [0.05, 0.1) is 0 Å². The Balaban J connectivity index is 2.81. The van der Waals surface area contributed by atoms with Gasteiger partial charge in [-0.2, -0.15) is 0 Å². The molecule has 0 N–H and O–H groups in total. The Morgan fingerprint density at radius 1 is 1.17 bits per heavy atom. The Morgan fingerprint density at radius 3 is 2.17 bits per heavy atom. The van der Waals surface area contributed by atoms with Crippen LogP contribution in [0.2, 0.25) is 0 Å². The minimum atomic E-state index is -1.20. The van der Waals surface area contributed by atoms with Crippen LogP contribution in [0, 0.1) is 0 Å². The zero-order valence-electron chi connectivity index (χ0n) is 11.1. The van der Waals surface area contributed by atoms with Crippen molar-refractivity contribution in [3.05, 3.63) is 35.9 Å². The van der Waals surface area contributed by atoms with Gasteiger partial charge in [-0.25, -0.2) is 4.90 Å². The third kappa shape index (κ3) is 3.85. The summed E-state index contributed by atoms with van der Waals surface area (Å²) in [6.07, 6.45) is 0. The maximum absolute atomic E-state index is 11.4.